The van der Waals surface area contributed by atoms with Gasteiger partial charge in [-0.1, -0.05) is 53.5 Å². The van der Waals surface area contributed by atoms with Crippen molar-refractivity contribution in [1.29, 1.82) is 0 Å². The Bertz CT molecular complexity index is 1190. The maximum absolute atomic E-state index is 12.3. The third kappa shape index (κ3) is 5.13. The van der Waals surface area contributed by atoms with Crippen molar-refractivity contribution in [2.45, 2.75) is 13.5 Å². The molecule has 4 rings (SSSR count). The number of carbonyl (C=O) groups excluding carboxylic acids is 1. The van der Waals surface area contributed by atoms with E-state index in [0.29, 0.717) is 40.3 Å². The highest BCUT2D eigenvalue weighted by Gasteiger charge is 2.24. The van der Waals surface area contributed by atoms with Gasteiger partial charge >= 0.3 is 5.97 Å². The van der Waals surface area contributed by atoms with Crippen molar-refractivity contribution in [2.75, 3.05) is 6.61 Å². The highest BCUT2D eigenvalue weighted by atomic mass is 35.5. The van der Waals surface area contributed by atoms with E-state index in [1.54, 1.807) is 30.3 Å². The fourth-order valence-electron chi connectivity index (χ4n) is 3.08. The first-order valence-electron chi connectivity index (χ1n) is 9.95. The summed E-state index contributed by atoms with van der Waals surface area (Å²) in [6.45, 7) is 2.59. The van der Waals surface area contributed by atoms with E-state index in [1.165, 1.54) is 0 Å². The zero-order chi connectivity index (χ0) is 22.5. The summed E-state index contributed by atoms with van der Waals surface area (Å²) >= 11 is 12.4. The number of nitrogens with zero attached hydrogens (tertiary/aromatic N) is 1. The van der Waals surface area contributed by atoms with Crippen LogP contribution >= 0.6 is 23.2 Å². The molecule has 0 amide bonds. The van der Waals surface area contributed by atoms with Gasteiger partial charge in [-0.15, -0.1) is 0 Å². The molecule has 0 N–H and O–H groups in total. The van der Waals surface area contributed by atoms with Crippen LogP contribution in [0.25, 0.3) is 6.08 Å². The number of carbonyl (C=O) groups is 1. The van der Waals surface area contributed by atoms with Gasteiger partial charge in [0.2, 0.25) is 5.90 Å². The summed E-state index contributed by atoms with van der Waals surface area (Å²) in [6.07, 6.45) is 1.61. The second-order valence-corrected chi connectivity index (χ2v) is 7.72. The monoisotopic (exact) mass is 467 g/mol. The number of rotatable bonds is 7. The minimum Gasteiger partial charge on any atom is -0.490 e. The normalized spacial score (nSPS) is 14.3. The van der Waals surface area contributed by atoms with Crippen molar-refractivity contribution in [2.24, 2.45) is 4.99 Å². The van der Waals surface area contributed by atoms with Gasteiger partial charge in [0.15, 0.2) is 17.2 Å². The molecule has 0 fully saturated rings. The zero-order valence-corrected chi connectivity index (χ0v) is 18.7. The Hall–Kier alpha value is -3.28. The summed E-state index contributed by atoms with van der Waals surface area (Å²) in [4.78, 5) is 16.6. The van der Waals surface area contributed by atoms with Crippen LogP contribution in [0.5, 0.6) is 11.5 Å². The van der Waals surface area contributed by atoms with Crippen LogP contribution in [-0.4, -0.2) is 18.5 Å². The van der Waals surface area contributed by atoms with Crippen molar-refractivity contribution in [3.8, 4) is 11.5 Å². The smallest absolute Gasteiger partial charge is 0.363 e. The molecule has 32 heavy (non-hydrogen) atoms. The van der Waals surface area contributed by atoms with Crippen LogP contribution in [-0.2, 0) is 16.1 Å². The lowest BCUT2D eigenvalue weighted by Crippen LogP contribution is -2.05. The van der Waals surface area contributed by atoms with Gasteiger partial charge in [0.1, 0.15) is 6.61 Å². The number of esters is 1. The highest BCUT2D eigenvalue weighted by Crippen LogP contribution is 2.38. The third-order valence-electron chi connectivity index (χ3n) is 4.57. The van der Waals surface area contributed by atoms with E-state index in [0.717, 1.165) is 11.1 Å². The Morgan fingerprint density at radius 2 is 1.75 bits per heavy atom. The number of aliphatic imine (C=N–C) groups is 1. The zero-order valence-electron chi connectivity index (χ0n) is 17.2. The van der Waals surface area contributed by atoms with Gasteiger partial charge in [-0.25, -0.2) is 9.79 Å². The largest absolute Gasteiger partial charge is 0.490 e. The summed E-state index contributed by atoms with van der Waals surface area (Å²) in [5, 5.41) is 1.01. The molecule has 3 aromatic rings. The summed E-state index contributed by atoms with van der Waals surface area (Å²) < 4.78 is 17.0. The lowest BCUT2D eigenvalue weighted by molar-refractivity contribution is -0.129. The first-order chi connectivity index (χ1) is 15.5. The van der Waals surface area contributed by atoms with Crippen molar-refractivity contribution >= 4 is 41.1 Å². The second-order valence-electron chi connectivity index (χ2n) is 6.88. The lowest BCUT2D eigenvalue weighted by atomic mass is 10.1. The van der Waals surface area contributed by atoms with Crippen LogP contribution < -0.4 is 9.47 Å². The lowest BCUT2D eigenvalue weighted by Gasteiger charge is -2.14. The molecule has 0 saturated carbocycles. The number of halogens is 2. The Morgan fingerprint density at radius 3 is 2.47 bits per heavy atom. The predicted molar refractivity (Wildman–Crippen MR) is 125 cm³/mol. The van der Waals surface area contributed by atoms with Gasteiger partial charge in [0.05, 0.1) is 11.6 Å². The molecule has 1 heterocycles. The molecule has 162 valence electrons. The fourth-order valence-corrected chi connectivity index (χ4v) is 3.48. The van der Waals surface area contributed by atoms with E-state index in [4.69, 9.17) is 37.4 Å². The number of hydrogen-bond donors (Lipinski definition) is 0. The maximum Gasteiger partial charge on any atom is 0.363 e. The molecule has 0 aliphatic carbocycles. The minimum atomic E-state index is -0.527. The fraction of sp³-hybridized carbons (Fsp3) is 0.120. The molecule has 3 aromatic carbocycles. The molecule has 5 nitrogen and oxygen atoms in total. The van der Waals surface area contributed by atoms with E-state index in [1.807, 2.05) is 49.4 Å². The quantitative estimate of drug-likeness (QED) is 0.301. The molecule has 1 aliphatic heterocycles. The van der Waals surface area contributed by atoms with E-state index >= 15 is 0 Å². The van der Waals surface area contributed by atoms with Crippen LogP contribution in [0.15, 0.2) is 77.4 Å². The van der Waals surface area contributed by atoms with Crippen LogP contribution in [0, 0.1) is 0 Å². The molecule has 0 spiro atoms. The van der Waals surface area contributed by atoms with Crippen molar-refractivity contribution in [3.05, 3.63) is 99.2 Å². The molecular weight excluding hydrogens is 449 g/mol. The number of cyclic esters (lactones) is 1. The molecule has 0 atom stereocenters. The van der Waals surface area contributed by atoms with Crippen LogP contribution in [0.1, 0.15) is 23.6 Å². The Balaban J connectivity index is 1.60. The van der Waals surface area contributed by atoms with Crippen molar-refractivity contribution in [1.82, 2.24) is 0 Å². The van der Waals surface area contributed by atoms with Gasteiger partial charge in [-0.3, -0.25) is 0 Å². The summed E-state index contributed by atoms with van der Waals surface area (Å²) in [5.41, 5.74) is 2.48. The van der Waals surface area contributed by atoms with Crippen molar-refractivity contribution < 1.29 is 19.0 Å². The number of ether oxygens (including phenoxy) is 3. The molecule has 0 aromatic heterocycles. The van der Waals surface area contributed by atoms with E-state index < -0.39 is 5.97 Å². The first kappa shape index (κ1) is 21.9. The van der Waals surface area contributed by atoms with E-state index in [9.17, 15) is 4.79 Å². The Morgan fingerprint density at radius 1 is 1.00 bits per heavy atom. The molecule has 1 aliphatic rings. The molecule has 0 saturated heterocycles. The van der Waals surface area contributed by atoms with Crippen molar-refractivity contribution in [3.63, 3.8) is 0 Å². The molecule has 0 unspecified atom stereocenters. The van der Waals surface area contributed by atoms with E-state index in [2.05, 4.69) is 4.99 Å². The summed E-state index contributed by atoms with van der Waals surface area (Å²) in [7, 11) is 0. The average Bonchev–Trinajstić information content (AvgIpc) is 3.15. The van der Waals surface area contributed by atoms with Crippen LogP contribution in [0.2, 0.25) is 10.0 Å². The first-order valence-corrected chi connectivity index (χ1v) is 10.7. The number of benzene rings is 3. The van der Waals surface area contributed by atoms with Gasteiger partial charge in [-0.05, 0) is 60.5 Å². The topological polar surface area (TPSA) is 57.1 Å². The van der Waals surface area contributed by atoms with Crippen LogP contribution in [0.3, 0.4) is 0 Å². The third-order valence-corrected chi connectivity index (χ3v) is 5.11. The Kier molecular flexibility index (Phi) is 6.78. The molecule has 0 bridgehead atoms. The van der Waals surface area contributed by atoms with Crippen LogP contribution in [0.4, 0.5) is 0 Å². The SMILES string of the molecule is CCOc1cc(/C=C2\N=C(c3ccccc3)OC2=O)cc(Cl)c1OCc1ccc(Cl)cc1. The molecule has 7 heteroatoms. The molecular formula is C25H19Cl2NO4. The Labute approximate surface area is 195 Å². The molecule has 0 radical (unpaired) electrons. The van der Waals surface area contributed by atoms with Gasteiger partial charge < -0.3 is 14.2 Å². The summed E-state index contributed by atoms with van der Waals surface area (Å²) in [5.74, 6) is 0.634. The van der Waals surface area contributed by atoms with Gasteiger partial charge in [0, 0.05) is 10.6 Å². The number of hydrogen-bond acceptors (Lipinski definition) is 5. The van der Waals surface area contributed by atoms with Gasteiger partial charge in [-0.2, -0.15) is 0 Å². The standard InChI is InChI=1S/C25H19Cl2NO4/c1-2-30-22-14-17(12-20(27)23(22)31-15-16-8-10-19(26)11-9-16)13-21-25(29)32-24(28-21)18-6-4-3-5-7-18/h3-14H,2,15H2,1H3/b21-13-. The maximum atomic E-state index is 12.3. The van der Waals surface area contributed by atoms with E-state index in [-0.39, 0.29) is 11.6 Å². The average molecular weight is 468 g/mol. The van der Waals surface area contributed by atoms with Gasteiger partial charge in [0.25, 0.3) is 0 Å². The second kappa shape index (κ2) is 9.90. The highest BCUT2D eigenvalue weighted by molar-refractivity contribution is 6.32. The minimum absolute atomic E-state index is 0.178. The predicted octanol–water partition coefficient (Wildman–Crippen LogP) is 6.32. The summed E-state index contributed by atoms with van der Waals surface area (Å²) in [6, 6.07) is 20.0.